The van der Waals surface area contributed by atoms with Gasteiger partial charge in [0.2, 0.25) is 76.8 Å². The van der Waals surface area contributed by atoms with Crippen LogP contribution in [0, 0.1) is 17.8 Å². The van der Waals surface area contributed by atoms with Gasteiger partial charge in [0, 0.05) is 79.4 Å². The first-order valence-electron chi connectivity index (χ1n) is 43.5. The number of likely N-dealkylation sites (tertiary alicyclic amines) is 2. The number of aliphatic carboxylic acids is 3. The van der Waals surface area contributed by atoms with Gasteiger partial charge in [-0.15, -0.1) is 0 Å². The number of nitrogens with one attached hydrogen (secondary N) is 13. The van der Waals surface area contributed by atoms with E-state index in [4.69, 9.17) is 11.5 Å². The molecule has 2 aliphatic rings. The third-order valence-corrected chi connectivity index (χ3v) is 22.4. The second-order valence-electron chi connectivity index (χ2n) is 34.2. The maximum atomic E-state index is 15.1. The molecule has 2 fully saturated rings. The number of rotatable bonds is 49. The highest BCUT2D eigenvalue weighted by atomic mass is 16.4. The van der Waals surface area contributed by atoms with Gasteiger partial charge in [-0.3, -0.25) is 71.9 Å². The molecule has 0 aliphatic carbocycles. The van der Waals surface area contributed by atoms with Crippen molar-refractivity contribution < 1.29 is 102 Å². The number of carbonyl (C=O) groups is 16. The van der Waals surface area contributed by atoms with Crippen molar-refractivity contribution in [1.82, 2.24) is 78.3 Å². The van der Waals surface area contributed by atoms with E-state index in [9.17, 15) is 87.9 Å². The van der Waals surface area contributed by atoms with Gasteiger partial charge in [0.15, 0.2) is 0 Å². The minimum Gasteiger partial charge on any atom is -0.508 e. The molecule has 15 atom stereocenters. The number of aromatic nitrogens is 2. The molecule has 4 heterocycles. The number of H-pyrrole nitrogens is 2. The SMILES string of the molecule is CC(C)C[C@H](NC(=O)[C@H](CCCCN)NC(=O)[C@@H](NC(=O)[C@H](CC(C)C)NC(=O)[C@@H]1CCCN1C(=O)[C@H](CC(=O)O)NC(=O)[C@H](Cc1ccc(O)cc1)NC(=O)[C@H](Cc1c[nH]c2ccccc12)NC(=O)[C@H](Cc1ccccc1)NC(=O)[C@H](C)N)[C@@H](C)O)C(=O)N[C@@H](Cc1c[nH]c2ccccc12)C(=O)N[C@@H](CC(C)C)C(=O)N1CCC[C@H]1C(=O)N[C@@H](CCC(=O)O)C(=O)O. The zero-order valence-corrected chi connectivity index (χ0v) is 73.3. The van der Waals surface area contributed by atoms with Crippen LogP contribution in [0.5, 0.6) is 5.75 Å². The Morgan fingerprint density at radius 3 is 1.27 bits per heavy atom. The van der Waals surface area contributed by atoms with Gasteiger partial charge >= 0.3 is 17.9 Å². The minimum atomic E-state index is -1.92. The molecule has 2 aliphatic heterocycles. The van der Waals surface area contributed by atoms with Gasteiger partial charge in [0.1, 0.15) is 84.3 Å². The number of fused-ring (bicyclic) bond motifs is 2. The van der Waals surface area contributed by atoms with Crippen LogP contribution in [0.25, 0.3) is 21.8 Å². The first-order valence-corrected chi connectivity index (χ1v) is 43.5. The standard InChI is InChI=1S/C90H123N17O21/c1-48(2)38-64(79(116)100-69(44-56-47-94-61-25-15-13-23-59(56)61)83(120)103-70(40-50(5)6)88(125)106-36-18-27-72(106)85(122)96-63(90(127)128)33-34-74(110)111)98-78(115)62(26-16-17-35-91)95-87(124)76(52(8)108)105-84(121)65(39-49(3)4)102-86(123)73-28-19-37-107(73)89(126)71(45-75(112)113)104-81(118)67(42-54-29-31-57(109)32-30-54)99-82(119)68(43-55-46-93-60-24-14-12-22-58(55)60)101-80(117)66(97-77(114)51(7)92)41-53-20-10-9-11-21-53/h9-15,20-25,29-32,46-52,62-73,76,93-94,108-109H,16-19,26-28,33-45,91-92H2,1-8H3,(H,95,124)(H,96,122)(H,97,114)(H,98,115)(H,99,119)(H,100,116)(H,101,117)(H,102,123)(H,103,120)(H,104,118)(H,105,121)(H,110,111)(H,112,113)(H,127,128)/t51-,52+,62-,63-,64-,65-,66-,67-,68-,69-,70-,71-,72-,73-,76-/m0/s1. The molecule has 0 radical (unpaired) electrons. The Morgan fingerprint density at radius 1 is 0.414 bits per heavy atom. The van der Waals surface area contributed by atoms with Crippen molar-refractivity contribution in [2.24, 2.45) is 29.2 Å². The van der Waals surface area contributed by atoms with Crippen LogP contribution >= 0.6 is 0 Å². The van der Waals surface area contributed by atoms with Gasteiger partial charge in [-0.1, -0.05) is 120 Å². The van der Waals surface area contributed by atoms with Gasteiger partial charge < -0.3 is 115 Å². The maximum absolute atomic E-state index is 15.1. The number of benzene rings is 4. The Bertz CT molecular complexity index is 4880. The molecule has 22 N–H and O–H groups in total. The average Bonchev–Trinajstić information content (AvgIpc) is 1.77. The van der Waals surface area contributed by atoms with E-state index in [1.807, 2.05) is 0 Å². The Kier molecular flexibility index (Phi) is 37.9. The number of hydrogen-bond donors (Lipinski definition) is 20. The van der Waals surface area contributed by atoms with Crippen LogP contribution in [-0.4, -0.2) is 250 Å². The molecule has 694 valence electrons. The summed E-state index contributed by atoms with van der Waals surface area (Å²) in [7, 11) is 0. The molecular formula is C90H123N17O21. The summed E-state index contributed by atoms with van der Waals surface area (Å²) in [4.78, 5) is 235. The number of aromatic amines is 2. The number of aliphatic hydroxyl groups is 1. The number of nitrogens with two attached hydrogens (primary N) is 2. The lowest BCUT2D eigenvalue weighted by molar-refractivity contribution is -0.146. The third kappa shape index (κ3) is 29.6. The number of unbranched alkanes of at least 4 members (excludes halogenated alkanes) is 1. The number of hydrogen-bond acceptors (Lipinski definition) is 20. The summed E-state index contributed by atoms with van der Waals surface area (Å²) in [5.41, 5.74) is 15.4. The van der Waals surface area contributed by atoms with Gasteiger partial charge in [0.25, 0.3) is 0 Å². The number of carbonyl (C=O) groups excluding carboxylic acids is 13. The molecule has 38 nitrogen and oxygen atoms in total. The largest absolute Gasteiger partial charge is 0.508 e. The lowest BCUT2D eigenvalue weighted by Gasteiger charge is -2.31. The molecule has 128 heavy (non-hydrogen) atoms. The van der Waals surface area contributed by atoms with Gasteiger partial charge in [-0.05, 0) is 155 Å². The van der Waals surface area contributed by atoms with E-state index >= 15 is 14.4 Å². The molecular weight excluding hydrogens is 1660 g/mol. The molecule has 6 aromatic rings. The topological polar surface area (TPSA) is 597 Å². The normalized spacial score (nSPS) is 16.9. The number of amides is 13. The molecule has 2 saturated heterocycles. The van der Waals surface area contributed by atoms with Crippen LogP contribution in [-0.2, 0) is 102 Å². The molecule has 38 heteroatoms. The fraction of sp³-hybridized carbons (Fsp3) is 0.511. The van der Waals surface area contributed by atoms with Gasteiger partial charge in [0.05, 0.1) is 18.6 Å². The summed E-state index contributed by atoms with van der Waals surface area (Å²) in [6.07, 6.45) is -0.248. The average molecular weight is 1780 g/mol. The van der Waals surface area contributed by atoms with E-state index in [0.717, 1.165) is 4.90 Å². The molecule has 0 unspecified atom stereocenters. The first kappa shape index (κ1) is 101. The van der Waals surface area contributed by atoms with E-state index in [2.05, 4.69) is 68.5 Å². The summed E-state index contributed by atoms with van der Waals surface area (Å²) in [5.74, 6) is -17.0. The number of aromatic hydroxyl groups is 1. The molecule has 0 bridgehead atoms. The number of phenolic OH excluding ortho intramolecular Hbond substituents is 1. The third-order valence-electron chi connectivity index (χ3n) is 22.4. The maximum Gasteiger partial charge on any atom is 0.326 e. The second kappa shape index (κ2) is 48.2. The number of phenols is 1. The van der Waals surface area contributed by atoms with Crippen molar-refractivity contribution in [2.75, 3.05) is 19.6 Å². The van der Waals surface area contributed by atoms with Crippen LogP contribution in [0.4, 0.5) is 0 Å². The van der Waals surface area contributed by atoms with Crippen molar-refractivity contribution in [3.8, 4) is 5.75 Å². The number of nitrogens with zero attached hydrogens (tertiary/aromatic N) is 2. The molecule has 13 amide bonds. The van der Waals surface area contributed by atoms with E-state index in [-0.39, 0.29) is 120 Å². The Balaban J connectivity index is 0.984. The molecule has 0 spiro atoms. The molecule has 8 rings (SSSR count). The van der Waals surface area contributed by atoms with E-state index in [1.54, 1.807) is 133 Å². The van der Waals surface area contributed by atoms with Crippen LogP contribution in [0.1, 0.15) is 161 Å². The fourth-order valence-corrected chi connectivity index (χ4v) is 15.8. The van der Waals surface area contributed by atoms with E-state index in [0.29, 0.717) is 56.9 Å². The van der Waals surface area contributed by atoms with Crippen molar-refractivity contribution in [2.45, 2.75) is 255 Å². The van der Waals surface area contributed by atoms with Gasteiger partial charge in [-0.2, -0.15) is 0 Å². The second-order valence-corrected chi connectivity index (χ2v) is 34.2. The zero-order valence-electron chi connectivity index (χ0n) is 73.3. The molecule has 2 aromatic heterocycles. The number of para-hydroxylation sites is 2. The van der Waals surface area contributed by atoms with Crippen molar-refractivity contribution in [3.63, 3.8) is 0 Å². The summed E-state index contributed by atoms with van der Waals surface area (Å²) in [6, 6.07) is 8.00. The van der Waals surface area contributed by atoms with Crippen LogP contribution in [0.2, 0.25) is 0 Å². The quantitative estimate of drug-likeness (QED) is 0.0240. The summed E-state index contributed by atoms with van der Waals surface area (Å²) in [5, 5.41) is 81.7. The number of carboxylic acid groups (broad SMARTS) is 3. The predicted octanol–water partition coefficient (Wildman–Crippen LogP) is 1.36. The Hall–Kier alpha value is -12.8. The minimum absolute atomic E-state index is 0.0327. The summed E-state index contributed by atoms with van der Waals surface area (Å²) < 4.78 is 0. The highest BCUT2D eigenvalue weighted by molar-refractivity contribution is 6.02. The van der Waals surface area contributed by atoms with Crippen LogP contribution < -0.4 is 70.0 Å². The zero-order chi connectivity index (χ0) is 93.8. The predicted molar refractivity (Wildman–Crippen MR) is 470 cm³/mol. The van der Waals surface area contributed by atoms with E-state index < -0.39 is 205 Å². The van der Waals surface area contributed by atoms with Crippen molar-refractivity contribution in [3.05, 3.63) is 138 Å². The molecule has 0 saturated carbocycles. The monoisotopic (exact) mass is 1780 g/mol. The summed E-state index contributed by atoms with van der Waals surface area (Å²) in [6.45, 7) is 13.2. The van der Waals surface area contributed by atoms with Gasteiger partial charge in [-0.25, -0.2) is 4.79 Å². The lowest BCUT2D eigenvalue weighted by Crippen LogP contribution is -2.62. The number of aliphatic hydroxyl groups excluding tert-OH is 1. The fourth-order valence-electron chi connectivity index (χ4n) is 15.8. The lowest BCUT2D eigenvalue weighted by atomic mass is 9.98. The van der Waals surface area contributed by atoms with Crippen molar-refractivity contribution >= 4 is 117 Å². The first-order chi connectivity index (χ1) is 60.8. The van der Waals surface area contributed by atoms with Crippen LogP contribution in [0.3, 0.4) is 0 Å². The highest BCUT2D eigenvalue weighted by Crippen LogP contribution is 2.27. The molecule has 4 aromatic carbocycles. The summed E-state index contributed by atoms with van der Waals surface area (Å²) >= 11 is 0. The Morgan fingerprint density at radius 2 is 0.805 bits per heavy atom. The number of carboxylic acids is 3. The highest BCUT2D eigenvalue weighted by Gasteiger charge is 2.45. The smallest absolute Gasteiger partial charge is 0.326 e. The Labute approximate surface area is 741 Å². The van der Waals surface area contributed by atoms with E-state index in [1.165, 1.54) is 43.0 Å². The van der Waals surface area contributed by atoms with Crippen molar-refractivity contribution in [1.29, 1.82) is 0 Å². The van der Waals surface area contributed by atoms with Crippen LogP contribution in [0.15, 0.2) is 116 Å².